The van der Waals surface area contributed by atoms with Gasteiger partial charge in [0.1, 0.15) is 0 Å². The second kappa shape index (κ2) is 9.94. The predicted molar refractivity (Wildman–Crippen MR) is 127 cm³/mol. The Morgan fingerprint density at radius 1 is 1.00 bits per heavy atom. The number of hydrogen-bond donors (Lipinski definition) is 0. The van der Waals surface area contributed by atoms with Gasteiger partial charge in [-0.2, -0.15) is 0 Å². The molecule has 0 N–H and O–H groups in total. The van der Waals surface area contributed by atoms with Crippen LogP contribution in [0.25, 0.3) is 4.96 Å². The van der Waals surface area contributed by atoms with Crippen LogP contribution in [0.1, 0.15) is 35.3 Å². The molecule has 1 saturated heterocycles. The van der Waals surface area contributed by atoms with Gasteiger partial charge in [0.25, 0.3) is 5.56 Å². The van der Waals surface area contributed by atoms with Crippen LogP contribution in [-0.2, 0) is 11.3 Å². The Balaban J connectivity index is 1.11. The fraction of sp³-hybridized carbons (Fsp3) is 0.417. The number of aromatic nitrogens is 2. The number of fused-ring (bicyclic) bond motifs is 2. The molecule has 0 spiro atoms. The van der Waals surface area contributed by atoms with E-state index in [4.69, 9.17) is 9.47 Å². The highest BCUT2D eigenvalue weighted by Crippen LogP contribution is 2.31. The largest absolute Gasteiger partial charge is 0.490 e. The molecule has 0 atom stereocenters. The number of hydrogen-bond acceptors (Lipinski definition) is 8. The normalized spacial score (nSPS) is 16.4. The highest BCUT2D eigenvalue weighted by molar-refractivity contribution is 7.15. The first-order chi connectivity index (χ1) is 16.6. The van der Waals surface area contributed by atoms with Gasteiger partial charge in [-0.3, -0.25) is 23.7 Å². The number of carbonyl (C=O) groups is 2. The Labute approximate surface area is 200 Å². The first-order valence-corrected chi connectivity index (χ1v) is 12.3. The summed E-state index contributed by atoms with van der Waals surface area (Å²) in [7, 11) is 0. The van der Waals surface area contributed by atoms with Gasteiger partial charge in [-0.05, 0) is 18.2 Å². The summed E-state index contributed by atoms with van der Waals surface area (Å²) in [5.41, 5.74) is 1.20. The summed E-state index contributed by atoms with van der Waals surface area (Å²) in [4.78, 5) is 46.8. The molecule has 4 heterocycles. The van der Waals surface area contributed by atoms with E-state index >= 15 is 0 Å². The van der Waals surface area contributed by atoms with Crippen molar-refractivity contribution in [1.82, 2.24) is 19.2 Å². The fourth-order valence-electron chi connectivity index (χ4n) is 4.21. The summed E-state index contributed by atoms with van der Waals surface area (Å²) < 4.78 is 12.8. The third-order valence-electron chi connectivity index (χ3n) is 6.10. The number of benzene rings is 1. The minimum Gasteiger partial charge on any atom is -0.490 e. The van der Waals surface area contributed by atoms with Gasteiger partial charge in [-0.15, -0.1) is 11.3 Å². The van der Waals surface area contributed by atoms with Crippen LogP contribution >= 0.6 is 11.3 Å². The zero-order valence-corrected chi connectivity index (χ0v) is 19.6. The molecule has 178 valence electrons. The molecule has 0 unspecified atom stereocenters. The van der Waals surface area contributed by atoms with Gasteiger partial charge in [-0.25, -0.2) is 4.98 Å². The van der Waals surface area contributed by atoms with Crippen molar-refractivity contribution in [2.75, 3.05) is 39.4 Å². The lowest BCUT2D eigenvalue weighted by atomic mass is 10.1. The topological polar surface area (TPSA) is 93.5 Å². The Morgan fingerprint density at radius 2 is 1.79 bits per heavy atom. The molecule has 0 saturated carbocycles. The zero-order chi connectivity index (χ0) is 23.5. The van der Waals surface area contributed by atoms with E-state index in [1.165, 1.54) is 11.3 Å². The fourth-order valence-corrected chi connectivity index (χ4v) is 4.95. The summed E-state index contributed by atoms with van der Waals surface area (Å²) in [6, 6.07) is 6.77. The molecule has 1 amide bonds. The maximum Gasteiger partial charge on any atom is 0.258 e. The molecule has 2 aromatic heterocycles. The molecule has 3 aromatic rings. The van der Waals surface area contributed by atoms with Crippen molar-refractivity contribution in [2.24, 2.45) is 0 Å². The minimum atomic E-state index is -0.0797. The lowest BCUT2D eigenvalue weighted by Gasteiger charge is -2.34. The van der Waals surface area contributed by atoms with Crippen LogP contribution < -0.4 is 15.0 Å². The number of rotatable bonds is 6. The van der Waals surface area contributed by atoms with Gasteiger partial charge < -0.3 is 14.4 Å². The standard InChI is InChI=1S/C24H26N4O5S/c29-19(17-2-4-20-21(14-17)33-12-1-11-32-20)3-5-22(30)27-8-6-26(7-9-27)16-18-15-23(31)28-10-13-34-24(28)25-18/h2,4,10,13-15H,1,3,5-9,11-12,16H2. The maximum absolute atomic E-state index is 12.7. The Bertz CT molecular complexity index is 1260. The van der Waals surface area contributed by atoms with Gasteiger partial charge in [0.2, 0.25) is 5.91 Å². The second-order valence-corrected chi connectivity index (χ2v) is 9.31. The summed E-state index contributed by atoms with van der Waals surface area (Å²) in [6.45, 7) is 4.33. The molecule has 34 heavy (non-hydrogen) atoms. The van der Waals surface area contributed by atoms with Crippen LogP contribution in [0, 0.1) is 0 Å². The third kappa shape index (κ3) is 4.97. The van der Waals surface area contributed by atoms with Crippen LogP contribution in [0.3, 0.4) is 0 Å². The van der Waals surface area contributed by atoms with Crippen LogP contribution in [0.5, 0.6) is 11.5 Å². The number of nitrogens with zero attached hydrogens (tertiary/aromatic N) is 4. The van der Waals surface area contributed by atoms with Crippen molar-refractivity contribution in [2.45, 2.75) is 25.8 Å². The minimum absolute atomic E-state index is 0.0151. The van der Waals surface area contributed by atoms with Crippen molar-refractivity contribution in [3.8, 4) is 11.5 Å². The van der Waals surface area contributed by atoms with Crippen molar-refractivity contribution in [3.63, 3.8) is 0 Å². The molecule has 2 aliphatic heterocycles. The molecule has 2 aliphatic rings. The molecule has 9 nitrogen and oxygen atoms in total. The van der Waals surface area contributed by atoms with Crippen LogP contribution in [0.4, 0.5) is 0 Å². The molecule has 0 aliphatic carbocycles. The van der Waals surface area contributed by atoms with E-state index in [2.05, 4.69) is 9.88 Å². The number of Topliss-reactive ketones (excluding diaryl/α,β-unsaturated/α-hetero) is 1. The summed E-state index contributed by atoms with van der Waals surface area (Å²) in [6.07, 6.45) is 2.87. The zero-order valence-electron chi connectivity index (χ0n) is 18.8. The van der Waals surface area contributed by atoms with E-state index in [1.807, 2.05) is 10.3 Å². The van der Waals surface area contributed by atoms with Gasteiger partial charge in [0, 0.05) is 75.2 Å². The smallest absolute Gasteiger partial charge is 0.258 e. The molecule has 0 bridgehead atoms. The molecule has 5 rings (SSSR count). The van der Waals surface area contributed by atoms with Crippen LogP contribution in [0.15, 0.2) is 40.6 Å². The van der Waals surface area contributed by atoms with E-state index < -0.39 is 0 Å². The number of piperazine rings is 1. The van der Waals surface area contributed by atoms with E-state index in [-0.39, 0.29) is 30.1 Å². The Hall–Kier alpha value is -3.24. The molecular weight excluding hydrogens is 456 g/mol. The predicted octanol–water partition coefficient (Wildman–Crippen LogP) is 2.22. The number of thiazole rings is 1. The highest BCUT2D eigenvalue weighted by atomic mass is 32.1. The highest BCUT2D eigenvalue weighted by Gasteiger charge is 2.23. The van der Waals surface area contributed by atoms with Gasteiger partial charge >= 0.3 is 0 Å². The second-order valence-electron chi connectivity index (χ2n) is 8.43. The van der Waals surface area contributed by atoms with E-state index in [1.54, 1.807) is 34.9 Å². The monoisotopic (exact) mass is 482 g/mol. The Morgan fingerprint density at radius 3 is 2.62 bits per heavy atom. The molecule has 1 fully saturated rings. The van der Waals surface area contributed by atoms with E-state index in [0.717, 1.165) is 12.1 Å². The molecule has 10 heteroatoms. The molecular formula is C24H26N4O5S. The number of carbonyl (C=O) groups excluding carboxylic acids is 2. The first-order valence-electron chi connectivity index (χ1n) is 11.5. The average molecular weight is 483 g/mol. The number of amides is 1. The molecule has 0 radical (unpaired) electrons. The molecule has 1 aromatic carbocycles. The summed E-state index contributed by atoms with van der Waals surface area (Å²) in [5.74, 6) is 1.14. The van der Waals surface area contributed by atoms with Crippen LogP contribution in [0.2, 0.25) is 0 Å². The van der Waals surface area contributed by atoms with Crippen molar-refractivity contribution >= 4 is 28.0 Å². The van der Waals surface area contributed by atoms with Gasteiger partial charge in [-0.1, -0.05) is 0 Å². The van der Waals surface area contributed by atoms with Crippen molar-refractivity contribution in [1.29, 1.82) is 0 Å². The van der Waals surface area contributed by atoms with Crippen molar-refractivity contribution < 1.29 is 19.1 Å². The Kier molecular flexibility index (Phi) is 6.59. The van der Waals surface area contributed by atoms with E-state index in [0.29, 0.717) is 68.0 Å². The van der Waals surface area contributed by atoms with Crippen LogP contribution in [-0.4, -0.2) is 70.3 Å². The van der Waals surface area contributed by atoms with Crippen molar-refractivity contribution in [3.05, 3.63) is 57.5 Å². The SMILES string of the molecule is O=C(CCC(=O)N1CCN(Cc2cc(=O)n3ccsc3n2)CC1)c1ccc2c(c1)OCCCO2. The number of ether oxygens (including phenoxy) is 2. The maximum atomic E-state index is 12.7. The van der Waals surface area contributed by atoms with E-state index in [9.17, 15) is 14.4 Å². The third-order valence-corrected chi connectivity index (χ3v) is 6.86. The number of ketones is 1. The average Bonchev–Trinajstić information content (AvgIpc) is 3.20. The summed E-state index contributed by atoms with van der Waals surface area (Å²) in [5, 5.41) is 1.84. The quantitative estimate of drug-likeness (QED) is 0.498. The van der Waals surface area contributed by atoms with Gasteiger partial charge in [0.15, 0.2) is 22.2 Å². The lowest BCUT2D eigenvalue weighted by molar-refractivity contribution is -0.133. The lowest BCUT2D eigenvalue weighted by Crippen LogP contribution is -2.48. The summed E-state index contributed by atoms with van der Waals surface area (Å²) >= 11 is 1.44. The first kappa shape index (κ1) is 22.5. The van der Waals surface area contributed by atoms with Gasteiger partial charge in [0.05, 0.1) is 18.9 Å².